The zero-order valence-corrected chi connectivity index (χ0v) is 6.00. The molecule has 4 heteroatoms. The fourth-order valence-corrected chi connectivity index (χ4v) is 0.603. The highest BCUT2D eigenvalue weighted by Gasteiger charge is 2.01. The van der Waals surface area contributed by atoms with Gasteiger partial charge in [0.15, 0.2) is 0 Å². The van der Waals surface area contributed by atoms with E-state index in [9.17, 15) is 4.79 Å². The minimum atomic E-state index is -0.532. The average Bonchev–Trinajstić information content (AvgIpc) is 1.89. The second-order valence-electron chi connectivity index (χ2n) is 1.99. The summed E-state index contributed by atoms with van der Waals surface area (Å²) in [6.45, 7) is 2.04. The molecule has 0 saturated heterocycles. The van der Waals surface area contributed by atoms with Gasteiger partial charge in [-0.05, 0) is 11.5 Å². The van der Waals surface area contributed by atoms with E-state index in [1.165, 1.54) is 0 Å². The van der Waals surface area contributed by atoms with E-state index in [4.69, 9.17) is 5.26 Å². The Morgan fingerprint density at radius 2 is 2.20 bits per heavy atom. The fraction of sp³-hybridized carbons (Fsp3) is 0.833. The van der Waals surface area contributed by atoms with Crippen LogP contribution in [-0.4, -0.2) is 11.2 Å². The lowest BCUT2D eigenvalue weighted by molar-refractivity contribution is -0.462. The molecule has 0 rings (SSSR count). The molecule has 0 aliphatic heterocycles. The van der Waals surface area contributed by atoms with E-state index in [0.29, 0.717) is 6.42 Å². The molecular weight excluding hydrogens is 136 g/mol. The number of rotatable bonds is 5. The van der Waals surface area contributed by atoms with Crippen LogP contribution in [0.2, 0.25) is 0 Å². The van der Waals surface area contributed by atoms with Crippen LogP contribution in [-0.2, 0) is 14.7 Å². The molecule has 0 fully saturated rings. The summed E-state index contributed by atoms with van der Waals surface area (Å²) in [6.07, 6.45) is 3.11. The third-order valence-electron chi connectivity index (χ3n) is 1.11. The summed E-state index contributed by atoms with van der Waals surface area (Å²) in [4.78, 5) is 14.2. The summed E-state index contributed by atoms with van der Waals surface area (Å²) < 4.78 is 0. The molecule has 0 aromatic carbocycles. The first-order valence-electron chi connectivity index (χ1n) is 3.32. The van der Waals surface area contributed by atoms with Crippen LogP contribution < -0.4 is 0 Å². The van der Waals surface area contributed by atoms with Crippen molar-refractivity contribution in [1.29, 1.82) is 0 Å². The van der Waals surface area contributed by atoms with Crippen molar-refractivity contribution in [2.75, 3.05) is 0 Å². The molecule has 10 heavy (non-hydrogen) atoms. The lowest BCUT2D eigenvalue weighted by Gasteiger charge is -1.95. The molecule has 0 saturated carbocycles. The predicted molar refractivity (Wildman–Crippen MR) is 33.9 cm³/mol. The van der Waals surface area contributed by atoms with Crippen LogP contribution in [0.1, 0.15) is 32.6 Å². The lowest BCUT2D eigenvalue weighted by Crippen LogP contribution is -2.02. The Bertz CT molecular complexity index is 91.7. The molecule has 60 valence electrons. The lowest BCUT2D eigenvalue weighted by atomic mass is 10.2. The van der Waals surface area contributed by atoms with Crippen LogP contribution in [0.3, 0.4) is 0 Å². The second-order valence-corrected chi connectivity index (χ2v) is 1.99. The van der Waals surface area contributed by atoms with E-state index < -0.39 is 5.97 Å². The predicted octanol–water partition coefficient (Wildman–Crippen LogP) is 1.51. The van der Waals surface area contributed by atoms with Crippen LogP contribution in [0.25, 0.3) is 0 Å². The van der Waals surface area contributed by atoms with E-state index in [2.05, 4.69) is 9.93 Å². The number of hydrogen-bond donors (Lipinski definition) is 1. The number of carbonyl (C=O) groups is 1. The molecule has 4 nitrogen and oxygen atoms in total. The molecule has 0 radical (unpaired) electrons. The number of hydrogen-bond acceptors (Lipinski definition) is 4. The first kappa shape index (κ1) is 9.39. The molecule has 0 aromatic heterocycles. The van der Waals surface area contributed by atoms with Gasteiger partial charge in [-0.25, -0.2) is 10.1 Å². The molecule has 0 aromatic rings. The van der Waals surface area contributed by atoms with Crippen molar-refractivity contribution in [3.63, 3.8) is 0 Å². The van der Waals surface area contributed by atoms with E-state index >= 15 is 0 Å². The minimum Gasteiger partial charge on any atom is -0.269 e. The molecule has 0 unspecified atom stereocenters. The molecule has 0 heterocycles. The van der Waals surface area contributed by atoms with Crippen molar-refractivity contribution in [3.8, 4) is 0 Å². The summed E-state index contributed by atoms with van der Waals surface area (Å²) in [5, 5.41) is 10.8. The molecule has 0 atom stereocenters. The van der Waals surface area contributed by atoms with Gasteiger partial charge in [0, 0.05) is 6.42 Å². The van der Waals surface area contributed by atoms with Gasteiger partial charge in [-0.3, -0.25) is 4.89 Å². The van der Waals surface area contributed by atoms with Gasteiger partial charge in [-0.15, -0.1) is 0 Å². The Kier molecular flexibility index (Phi) is 6.11. The Morgan fingerprint density at radius 1 is 1.50 bits per heavy atom. The highest BCUT2D eigenvalue weighted by molar-refractivity contribution is 5.68. The Morgan fingerprint density at radius 3 is 2.70 bits per heavy atom. The second kappa shape index (κ2) is 6.51. The first-order valence-corrected chi connectivity index (χ1v) is 3.32. The van der Waals surface area contributed by atoms with Crippen molar-refractivity contribution in [1.82, 2.24) is 0 Å². The fourth-order valence-electron chi connectivity index (χ4n) is 0.603. The molecule has 1 N–H and O–H groups in total. The van der Waals surface area contributed by atoms with Gasteiger partial charge in [0.05, 0.1) is 0 Å². The summed E-state index contributed by atoms with van der Waals surface area (Å²) >= 11 is 0. The normalized spacial score (nSPS) is 9.40. The molecule has 0 spiro atoms. The van der Waals surface area contributed by atoms with Crippen LogP contribution in [0.5, 0.6) is 0 Å². The van der Waals surface area contributed by atoms with Crippen molar-refractivity contribution in [2.45, 2.75) is 32.6 Å². The summed E-state index contributed by atoms with van der Waals surface area (Å²) in [6, 6.07) is 0. The average molecular weight is 148 g/mol. The van der Waals surface area contributed by atoms with Gasteiger partial charge in [0.1, 0.15) is 0 Å². The van der Waals surface area contributed by atoms with Crippen molar-refractivity contribution < 1.29 is 20.0 Å². The first-order chi connectivity index (χ1) is 4.81. The molecule has 0 amide bonds. The van der Waals surface area contributed by atoms with Gasteiger partial charge in [0.25, 0.3) is 0 Å². The maximum atomic E-state index is 10.4. The van der Waals surface area contributed by atoms with Gasteiger partial charge >= 0.3 is 5.97 Å². The Balaban J connectivity index is 3.05. The molecular formula is C6H12O4. The van der Waals surface area contributed by atoms with E-state index in [-0.39, 0.29) is 0 Å². The smallest absolute Gasteiger partial charge is 0.269 e. The largest absolute Gasteiger partial charge is 0.345 e. The van der Waals surface area contributed by atoms with E-state index in [1.54, 1.807) is 0 Å². The van der Waals surface area contributed by atoms with E-state index in [1.807, 2.05) is 6.92 Å². The molecule has 0 aliphatic carbocycles. The van der Waals surface area contributed by atoms with Crippen LogP contribution in [0.4, 0.5) is 0 Å². The van der Waals surface area contributed by atoms with Crippen molar-refractivity contribution >= 4 is 5.97 Å². The standard InChI is InChI=1S/C6H12O4/c1-2-3-4-5-6(7)9-10-8/h8H,2-5H2,1H3. The maximum absolute atomic E-state index is 10.4. The number of carbonyl (C=O) groups excluding carboxylic acids is 1. The quantitative estimate of drug-likeness (QED) is 0.365. The molecule has 0 aliphatic rings. The zero-order chi connectivity index (χ0) is 7.82. The number of unbranched alkanes of at least 4 members (excludes halogenated alkanes) is 2. The monoisotopic (exact) mass is 148 g/mol. The van der Waals surface area contributed by atoms with Crippen LogP contribution in [0, 0.1) is 0 Å². The zero-order valence-electron chi connectivity index (χ0n) is 6.00. The third kappa shape index (κ3) is 5.53. The SMILES string of the molecule is CCCCCC(=O)OOO. The van der Waals surface area contributed by atoms with Gasteiger partial charge < -0.3 is 0 Å². The highest BCUT2D eigenvalue weighted by atomic mass is 17.5. The van der Waals surface area contributed by atoms with Crippen molar-refractivity contribution in [3.05, 3.63) is 0 Å². The Labute approximate surface area is 59.6 Å². The van der Waals surface area contributed by atoms with Crippen LogP contribution >= 0.6 is 0 Å². The van der Waals surface area contributed by atoms with Gasteiger partial charge in [-0.2, -0.15) is 0 Å². The highest BCUT2D eigenvalue weighted by Crippen LogP contribution is 1.99. The van der Waals surface area contributed by atoms with Crippen LogP contribution in [0.15, 0.2) is 0 Å². The third-order valence-corrected chi connectivity index (χ3v) is 1.11. The minimum absolute atomic E-state index is 0.300. The van der Waals surface area contributed by atoms with Crippen molar-refractivity contribution in [2.24, 2.45) is 0 Å². The summed E-state index contributed by atoms with van der Waals surface area (Å²) in [7, 11) is 0. The Hall–Kier alpha value is -0.610. The van der Waals surface area contributed by atoms with E-state index in [0.717, 1.165) is 19.3 Å². The summed E-state index contributed by atoms with van der Waals surface area (Å²) in [5.41, 5.74) is 0. The maximum Gasteiger partial charge on any atom is 0.345 e. The summed E-state index contributed by atoms with van der Waals surface area (Å²) in [5.74, 6) is -0.532. The molecule has 0 bridgehead atoms. The van der Waals surface area contributed by atoms with Gasteiger partial charge in [0.2, 0.25) is 0 Å². The topological polar surface area (TPSA) is 55.8 Å². The van der Waals surface area contributed by atoms with Gasteiger partial charge in [-0.1, -0.05) is 19.8 Å².